The third-order valence-corrected chi connectivity index (χ3v) is 6.44. The summed E-state index contributed by atoms with van der Waals surface area (Å²) in [6.07, 6.45) is 8.39. The van der Waals surface area contributed by atoms with Crippen LogP contribution in [0.25, 0.3) is 0 Å². The predicted octanol–water partition coefficient (Wildman–Crippen LogP) is 4.26. The van der Waals surface area contributed by atoms with Crippen molar-refractivity contribution in [2.75, 3.05) is 6.54 Å². The van der Waals surface area contributed by atoms with Gasteiger partial charge in [-0.1, -0.05) is 30.3 Å². The Kier molecular flexibility index (Phi) is 3.82. The first-order valence-corrected chi connectivity index (χ1v) is 9.21. The second kappa shape index (κ2) is 5.85. The Labute approximate surface area is 139 Å². The minimum atomic E-state index is -0.0166. The number of rotatable bonds is 4. The van der Waals surface area contributed by atoms with Gasteiger partial charge in [-0.15, -0.1) is 0 Å². The van der Waals surface area contributed by atoms with E-state index in [0.717, 1.165) is 29.9 Å². The fourth-order valence-corrected chi connectivity index (χ4v) is 5.85. The van der Waals surface area contributed by atoms with Crippen molar-refractivity contribution >= 4 is 6.03 Å². The fraction of sp³-hybridized carbons (Fsp3) is 0.650. The van der Waals surface area contributed by atoms with Crippen LogP contribution in [-0.2, 0) is 0 Å². The van der Waals surface area contributed by atoms with E-state index < -0.39 is 0 Å². The summed E-state index contributed by atoms with van der Waals surface area (Å²) in [4.78, 5) is 12.3. The van der Waals surface area contributed by atoms with Gasteiger partial charge < -0.3 is 10.6 Å². The molecule has 0 unspecified atom stereocenters. The lowest BCUT2D eigenvalue weighted by Crippen LogP contribution is -2.52. The molecule has 4 fully saturated rings. The summed E-state index contributed by atoms with van der Waals surface area (Å²) in [6.45, 7) is 2.91. The summed E-state index contributed by atoms with van der Waals surface area (Å²) in [6, 6.07) is 10.2. The topological polar surface area (TPSA) is 41.1 Å². The highest BCUT2D eigenvalue weighted by Gasteiger charge is 2.50. The third-order valence-electron chi connectivity index (χ3n) is 6.44. The zero-order valence-electron chi connectivity index (χ0n) is 14.1. The fourth-order valence-electron chi connectivity index (χ4n) is 5.85. The van der Waals surface area contributed by atoms with E-state index in [2.05, 4.69) is 22.8 Å². The average Bonchev–Trinajstić information content (AvgIpc) is 2.53. The molecule has 2 amide bonds. The van der Waals surface area contributed by atoms with Crippen molar-refractivity contribution in [2.45, 2.75) is 51.5 Å². The van der Waals surface area contributed by atoms with Gasteiger partial charge in [0.15, 0.2) is 0 Å². The van der Waals surface area contributed by atoms with Gasteiger partial charge in [-0.05, 0) is 74.2 Å². The predicted molar refractivity (Wildman–Crippen MR) is 92.0 cm³/mol. The maximum Gasteiger partial charge on any atom is 0.315 e. The summed E-state index contributed by atoms with van der Waals surface area (Å²) >= 11 is 0. The van der Waals surface area contributed by atoms with E-state index in [4.69, 9.17) is 0 Å². The molecular weight excluding hydrogens is 284 g/mol. The lowest BCUT2D eigenvalue weighted by atomic mass is 9.49. The van der Waals surface area contributed by atoms with Crippen molar-refractivity contribution in [1.29, 1.82) is 0 Å². The zero-order valence-corrected chi connectivity index (χ0v) is 14.1. The van der Waals surface area contributed by atoms with Crippen LogP contribution in [0.15, 0.2) is 30.3 Å². The zero-order chi connectivity index (χ0) is 15.9. The molecule has 1 atom stereocenters. The SMILES string of the molecule is C[C@H](NC(=O)NCC12CC3CC(CC(C3)C1)C2)c1ccccc1. The Morgan fingerprint density at radius 3 is 2.22 bits per heavy atom. The highest BCUT2D eigenvalue weighted by Crippen LogP contribution is 2.59. The van der Waals surface area contributed by atoms with Crippen LogP contribution < -0.4 is 10.6 Å². The van der Waals surface area contributed by atoms with E-state index in [1.807, 2.05) is 25.1 Å². The van der Waals surface area contributed by atoms with E-state index in [1.165, 1.54) is 38.5 Å². The van der Waals surface area contributed by atoms with E-state index in [-0.39, 0.29) is 12.1 Å². The number of carbonyl (C=O) groups is 1. The first-order valence-electron chi connectivity index (χ1n) is 9.21. The number of hydrogen-bond acceptors (Lipinski definition) is 1. The molecule has 4 aliphatic rings. The molecule has 4 aliphatic carbocycles. The highest BCUT2D eigenvalue weighted by atomic mass is 16.2. The van der Waals surface area contributed by atoms with Gasteiger partial charge in [0.1, 0.15) is 0 Å². The standard InChI is InChI=1S/C20H28N2O/c1-14(18-5-3-2-4-6-18)22-19(23)21-13-20-10-15-7-16(11-20)9-17(8-15)12-20/h2-6,14-17H,7-13H2,1H3,(H2,21,22,23)/t14-,15?,16?,17?,20?/m0/s1. The molecule has 3 heteroatoms. The van der Waals surface area contributed by atoms with Crippen LogP contribution in [0.1, 0.15) is 57.1 Å². The summed E-state index contributed by atoms with van der Waals surface area (Å²) in [7, 11) is 0. The molecule has 0 spiro atoms. The number of amides is 2. The third kappa shape index (κ3) is 3.11. The van der Waals surface area contributed by atoms with Crippen LogP contribution in [0.5, 0.6) is 0 Å². The Hall–Kier alpha value is -1.51. The molecule has 1 aromatic carbocycles. The van der Waals surface area contributed by atoms with Crippen LogP contribution in [0.2, 0.25) is 0 Å². The van der Waals surface area contributed by atoms with Crippen molar-refractivity contribution in [1.82, 2.24) is 10.6 Å². The van der Waals surface area contributed by atoms with Gasteiger partial charge in [0.05, 0.1) is 6.04 Å². The molecule has 0 saturated heterocycles. The number of benzene rings is 1. The minimum absolute atomic E-state index is 0.0166. The van der Waals surface area contributed by atoms with Crippen molar-refractivity contribution in [3.05, 3.63) is 35.9 Å². The number of hydrogen-bond donors (Lipinski definition) is 2. The van der Waals surface area contributed by atoms with Gasteiger partial charge in [0.2, 0.25) is 0 Å². The average molecular weight is 312 g/mol. The largest absolute Gasteiger partial charge is 0.338 e. The molecule has 4 bridgehead atoms. The minimum Gasteiger partial charge on any atom is -0.338 e. The van der Waals surface area contributed by atoms with Gasteiger partial charge in [-0.25, -0.2) is 4.79 Å². The van der Waals surface area contributed by atoms with E-state index >= 15 is 0 Å². The summed E-state index contributed by atoms with van der Waals surface area (Å²) < 4.78 is 0. The van der Waals surface area contributed by atoms with E-state index in [9.17, 15) is 4.79 Å². The van der Waals surface area contributed by atoms with E-state index in [1.54, 1.807) is 0 Å². The lowest BCUT2D eigenvalue weighted by molar-refractivity contribution is -0.0498. The first-order chi connectivity index (χ1) is 11.1. The summed E-state index contributed by atoms with van der Waals surface area (Å²) in [5.74, 6) is 2.82. The number of urea groups is 1. The van der Waals surface area contributed by atoms with Gasteiger partial charge in [-0.3, -0.25) is 0 Å². The molecule has 1 aromatic rings. The summed E-state index contributed by atoms with van der Waals surface area (Å²) in [5.41, 5.74) is 1.56. The van der Waals surface area contributed by atoms with Crippen LogP contribution in [0, 0.1) is 23.2 Å². The first kappa shape index (κ1) is 15.0. The van der Waals surface area contributed by atoms with Gasteiger partial charge in [0, 0.05) is 6.54 Å². The van der Waals surface area contributed by atoms with Gasteiger partial charge in [0.25, 0.3) is 0 Å². The number of nitrogens with one attached hydrogen (secondary N) is 2. The van der Waals surface area contributed by atoms with Gasteiger partial charge >= 0.3 is 6.03 Å². The second-order valence-electron chi connectivity index (χ2n) is 8.38. The quantitative estimate of drug-likeness (QED) is 0.857. The van der Waals surface area contributed by atoms with E-state index in [0.29, 0.717) is 5.41 Å². The van der Waals surface area contributed by atoms with Crippen LogP contribution >= 0.6 is 0 Å². The maximum absolute atomic E-state index is 12.3. The molecule has 23 heavy (non-hydrogen) atoms. The number of carbonyl (C=O) groups excluding carboxylic acids is 1. The van der Waals surface area contributed by atoms with Crippen molar-refractivity contribution in [3.63, 3.8) is 0 Å². The van der Waals surface area contributed by atoms with Crippen LogP contribution in [0.3, 0.4) is 0 Å². The second-order valence-corrected chi connectivity index (χ2v) is 8.38. The molecule has 0 aliphatic heterocycles. The monoisotopic (exact) mass is 312 g/mol. The molecule has 5 rings (SSSR count). The molecule has 2 N–H and O–H groups in total. The van der Waals surface area contributed by atoms with Crippen LogP contribution in [-0.4, -0.2) is 12.6 Å². The molecule has 0 aromatic heterocycles. The molecule has 124 valence electrons. The molecule has 4 saturated carbocycles. The van der Waals surface area contributed by atoms with Crippen molar-refractivity contribution in [2.24, 2.45) is 23.2 Å². The molecule has 0 heterocycles. The normalized spacial score (nSPS) is 35.8. The van der Waals surface area contributed by atoms with Crippen molar-refractivity contribution in [3.8, 4) is 0 Å². The highest BCUT2D eigenvalue weighted by molar-refractivity contribution is 5.74. The Morgan fingerprint density at radius 2 is 1.65 bits per heavy atom. The van der Waals surface area contributed by atoms with Crippen LogP contribution in [0.4, 0.5) is 4.79 Å². The Balaban J connectivity index is 1.32. The Bertz CT molecular complexity index is 533. The molecule has 3 nitrogen and oxygen atoms in total. The smallest absolute Gasteiger partial charge is 0.315 e. The lowest BCUT2D eigenvalue weighted by Gasteiger charge is -2.56. The van der Waals surface area contributed by atoms with Gasteiger partial charge in [-0.2, -0.15) is 0 Å². The summed E-state index contributed by atoms with van der Waals surface area (Å²) in [5, 5.41) is 6.27. The Morgan fingerprint density at radius 1 is 1.09 bits per heavy atom. The van der Waals surface area contributed by atoms with Crippen molar-refractivity contribution < 1.29 is 4.79 Å². The maximum atomic E-state index is 12.3. The molecule has 0 radical (unpaired) electrons. The molecular formula is C20H28N2O.